The molecule has 1 aliphatic carbocycles. The number of carbonyl (C=O) groups is 1. The first kappa shape index (κ1) is 20.6. The third kappa shape index (κ3) is 3.13. The molecule has 1 saturated carbocycles. The van der Waals surface area contributed by atoms with Gasteiger partial charge in [-0.2, -0.15) is 0 Å². The monoisotopic (exact) mass is 403 g/mol. The molecule has 0 radical (unpaired) electrons. The van der Waals surface area contributed by atoms with Crippen LogP contribution >= 0.6 is 0 Å². The van der Waals surface area contributed by atoms with Gasteiger partial charge in [-0.25, -0.2) is 9.28 Å². The summed E-state index contributed by atoms with van der Waals surface area (Å²) in [6.07, 6.45) is 6.04. The Bertz CT molecular complexity index is 960. The van der Waals surface area contributed by atoms with E-state index in [0.29, 0.717) is 13.0 Å². The topological polar surface area (TPSA) is 65.8 Å². The second-order valence-electron chi connectivity index (χ2n) is 9.00. The molecule has 3 unspecified atom stereocenters. The van der Waals surface area contributed by atoms with Gasteiger partial charge < -0.3 is 0 Å². The molecule has 2 aromatic rings. The molecule has 0 aromatic heterocycles. The highest BCUT2D eigenvalue weighted by Gasteiger charge is 2.58. The van der Waals surface area contributed by atoms with Crippen LogP contribution in [0.15, 0.2) is 59.7 Å². The van der Waals surface area contributed by atoms with Gasteiger partial charge in [0, 0.05) is 29.2 Å². The second-order valence-corrected chi connectivity index (χ2v) is 9.00. The van der Waals surface area contributed by atoms with Crippen molar-refractivity contribution >= 4 is 11.6 Å². The van der Waals surface area contributed by atoms with Crippen LogP contribution in [-0.4, -0.2) is 24.0 Å². The molecule has 0 N–H and O–H groups in total. The van der Waals surface area contributed by atoms with E-state index in [1.165, 1.54) is 17.5 Å². The highest BCUT2D eigenvalue weighted by atomic mass is 16.2. The van der Waals surface area contributed by atoms with Gasteiger partial charge in [-0.3, -0.25) is 0 Å². The Morgan fingerprint density at radius 2 is 1.73 bits per heavy atom. The van der Waals surface area contributed by atoms with Crippen molar-refractivity contribution in [2.45, 2.75) is 69.9 Å². The van der Waals surface area contributed by atoms with Crippen LogP contribution in [0.1, 0.15) is 69.4 Å². The lowest BCUT2D eigenvalue weighted by atomic mass is 9.78. The predicted molar refractivity (Wildman–Crippen MR) is 121 cm³/mol. The van der Waals surface area contributed by atoms with Crippen LogP contribution < -0.4 is 4.48 Å². The maximum atomic E-state index is 14.2. The molecule has 3 atom stereocenters. The van der Waals surface area contributed by atoms with Gasteiger partial charge in [0.15, 0.2) is 6.04 Å². The van der Waals surface area contributed by atoms with Crippen molar-refractivity contribution in [1.29, 1.82) is 0 Å². The van der Waals surface area contributed by atoms with Gasteiger partial charge in [-0.1, -0.05) is 60.1 Å². The summed E-state index contributed by atoms with van der Waals surface area (Å²) < 4.78 is 0.288. The van der Waals surface area contributed by atoms with Crippen molar-refractivity contribution in [2.24, 2.45) is 5.11 Å². The molecule has 2 aromatic carbocycles. The Balaban J connectivity index is 2.00. The van der Waals surface area contributed by atoms with Gasteiger partial charge in [-0.15, -0.1) is 0 Å². The van der Waals surface area contributed by atoms with Crippen molar-refractivity contribution in [3.05, 3.63) is 76.2 Å². The van der Waals surface area contributed by atoms with Crippen LogP contribution in [0, 0.1) is 0 Å². The number of rotatable bonds is 4. The number of hydrogen-bond acceptors (Lipinski definition) is 2. The summed E-state index contributed by atoms with van der Waals surface area (Å²) in [5.74, 6) is 0.0890. The zero-order valence-electron chi connectivity index (χ0n) is 18.0. The smallest absolute Gasteiger partial charge is 0.230 e. The van der Waals surface area contributed by atoms with Gasteiger partial charge in [0.1, 0.15) is 11.2 Å². The highest BCUT2D eigenvalue weighted by Crippen LogP contribution is 2.50. The van der Waals surface area contributed by atoms with E-state index >= 15 is 0 Å². The van der Waals surface area contributed by atoms with Crippen molar-refractivity contribution in [2.75, 3.05) is 6.54 Å². The maximum Gasteiger partial charge on any atom is 0.328 e. The molecule has 156 valence electrons. The predicted octanol–water partition coefficient (Wildman–Crippen LogP) is 6.48. The zero-order chi connectivity index (χ0) is 21.2. The number of para-hydroxylation sites is 1. The summed E-state index contributed by atoms with van der Waals surface area (Å²) in [7, 11) is 0. The number of hydrogen-bond donors (Lipinski definition) is 0. The van der Waals surface area contributed by atoms with Crippen LogP contribution in [0.5, 0.6) is 0 Å². The van der Waals surface area contributed by atoms with Gasteiger partial charge in [-0.05, 0) is 50.3 Å². The maximum absolute atomic E-state index is 14.2. The zero-order valence-corrected chi connectivity index (χ0v) is 18.0. The van der Waals surface area contributed by atoms with Gasteiger partial charge in [0.2, 0.25) is 0 Å². The molecule has 0 bridgehead atoms. The Morgan fingerprint density at radius 1 is 1.07 bits per heavy atom. The average Bonchev–Trinajstić information content (AvgIpc) is 2.89. The molecule has 5 nitrogen and oxygen atoms in total. The summed E-state index contributed by atoms with van der Waals surface area (Å²) in [6, 6.07) is 18.1. The van der Waals surface area contributed by atoms with Gasteiger partial charge >= 0.3 is 5.91 Å². The SMILES string of the molecule is CC[N+]1(C2(C)CCCCC2)C(=O)C(N=[N+]=[N-])CC(c2ccccc2)c2ccccc21. The summed E-state index contributed by atoms with van der Waals surface area (Å²) in [5.41, 5.74) is 12.6. The largest absolute Gasteiger partial charge is 0.328 e. The van der Waals surface area contributed by atoms with E-state index in [4.69, 9.17) is 0 Å². The van der Waals surface area contributed by atoms with Crippen molar-refractivity contribution in [1.82, 2.24) is 4.48 Å². The lowest BCUT2D eigenvalue weighted by Crippen LogP contribution is -2.70. The Hall–Kier alpha value is -2.62. The summed E-state index contributed by atoms with van der Waals surface area (Å²) in [4.78, 5) is 17.3. The van der Waals surface area contributed by atoms with E-state index in [2.05, 4.69) is 60.3 Å². The normalized spacial score (nSPS) is 28.1. The molecule has 30 heavy (non-hydrogen) atoms. The minimum Gasteiger partial charge on any atom is -0.230 e. The van der Waals surface area contributed by atoms with E-state index in [9.17, 15) is 10.3 Å². The second kappa shape index (κ2) is 8.25. The minimum absolute atomic E-state index is 0.0283. The van der Waals surface area contributed by atoms with Gasteiger partial charge in [0.25, 0.3) is 0 Å². The Labute approximate surface area is 178 Å². The first-order valence-electron chi connectivity index (χ1n) is 11.2. The molecule has 0 saturated heterocycles. The van der Waals surface area contributed by atoms with E-state index < -0.39 is 6.04 Å². The summed E-state index contributed by atoms with van der Waals surface area (Å²) >= 11 is 0. The van der Waals surface area contributed by atoms with E-state index in [0.717, 1.165) is 31.4 Å². The quantitative estimate of drug-likeness (QED) is 0.249. The Kier molecular flexibility index (Phi) is 5.68. The summed E-state index contributed by atoms with van der Waals surface area (Å²) in [6.45, 7) is 5.07. The van der Waals surface area contributed by atoms with Crippen LogP contribution in [0.25, 0.3) is 10.4 Å². The lowest BCUT2D eigenvalue weighted by Gasteiger charge is -2.51. The number of amides is 1. The molecular weight excluding hydrogens is 372 g/mol. The van der Waals surface area contributed by atoms with E-state index in [-0.39, 0.29) is 21.8 Å². The standard InChI is InChI=1S/C25H31N4O/c1-3-29(25(2)16-10-5-11-17-25)23-15-9-8-14-20(23)21(19-12-6-4-7-13-19)18-22(24(29)30)27-28-26/h4,6-9,12-15,21-22H,3,5,10-11,16-18H2,1-2H3/q+1. The molecule has 1 amide bonds. The fourth-order valence-corrected chi connectivity index (χ4v) is 6.07. The van der Waals surface area contributed by atoms with Crippen LogP contribution in [0.4, 0.5) is 5.69 Å². The fourth-order valence-electron chi connectivity index (χ4n) is 6.07. The molecular formula is C25H31N4O+. The van der Waals surface area contributed by atoms with Crippen LogP contribution in [-0.2, 0) is 4.79 Å². The number of carbonyl (C=O) groups excluding carboxylic acids is 1. The van der Waals surface area contributed by atoms with E-state index in [1.807, 2.05) is 18.2 Å². The third-order valence-corrected chi connectivity index (χ3v) is 7.56. The molecule has 5 heteroatoms. The number of fused-ring (bicyclic) bond motifs is 1. The lowest BCUT2D eigenvalue weighted by molar-refractivity contribution is -0.138. The summed E-state index contributed by atoms with van der Waals surface area (Å²) in [5, 5.41) is 4.07. The average molecular weight is 404 g/mol. The molecule has 0 spiro atoms. The Morgan fingerprint density at radius 3 is 2.40 bits per heavy atom. The fraction of sp³-hybridized carbons (Fsp3) is 0.480. The number of azide groups is 1. The van der Waals surface area contributed by atoms with Crippen molar-refractivity contribution in [3.63, 3.8) is 0 Å². The number of likely N-dealkylation sites (N-methyl/N-ethyl adjacent to an activating group) is 1. The van der Waals surface area contributed by atoms with E-state index in [1.54, 1.807) is 0 Å². The van der Waals surface area contributed by atoms with Crippen LogP contribution in [0.3, 0.4) is 0 Å². The molecule has 1 heterocycles. The first-order chi connectivity index (χ1) is 14.6. The number of benzene rings is 2. The molecule has 4 rings (SSSR count). The van der Waals surface area contributed by atoms with Gasteiger partial charge in [0.05, 0.1) is 6.54 Å². The highest BCUT2D eigenvalue weighted by molar-refractivity contribution is 5.96. The molecule has 1 fully saturated rings. The number of nitrogens with zero attached hydrogens (tertiary/aromatic N) is 4. The third-order valence-electron chi connectivity index (χ3n) is 7.56. The molecule has 1 aliphatic heterocycles. The van der Waals surface area contributed by atoms with Crippen molar-refractivity contribution in [3.8, 4) is 0 Å². The minimum atomic E-state index is -0.675. The first-order valence-corrected chi connectivity index (χ1v) is 11.2. The number of quaternary nitrogens is 1. The van der Waals surface area contributed by atoms with Crippen LogP contribution in [0.2, 0.25) is 0 Å². The van der Waals surface area contributed by atoms with Crippen molar-refractivity contribution < 1.29 is 4.79 Å². The molecule has 2 aliphatic rings.